The first kappa shape index (κ1) is 25.2. The highest BCUT2D eigenvalue weighted by atomic mass is 32.2. The number of benzene rings is 1. The number of pyridine rings is 1. The van der Waals surface area contributed by atoms with Gasteiger partial charge < -0.3 is 9.84 Å². The van der Waals surface area contributed by atoms with Gasteiger partial charge in [-0.15, -0.1) is 0 Å². The Morgan fingerprint density at radius 1 is 1.17 bits per heavy atom. The Bertz CT molecular complexity index is 1230. The molecular weight excluding hydrogens is 466 g/mol. The van der Waals surface area contributed by atoms with E-state index >= 15 is 0 Å². The topological polar surface area (TPSA) is 109 Å². The molecule has 0 bridgehead atoms. The van der Waals surface area contributed by atoms with Crippen molar-refractivity contribution in [2.24, 2.45) is 5.92 Å². The summed E-state index contributed by atoms with van der Waals surface area (Å²) in [6.07, 6.45) is 8.08. The maximum absolute atomic E-state index is 13.6. The molecule has 2 aromatic heterocycles. The van der Waals surface area contributed by atoms with Crippen LogP contribution in [0.1, 0.15) is 19.4 Å². The molecule has 186 valence electrons. The Labute approximate surface area is 206 Å². The molecule has 35 heavy (non-hydrogen) atoms. The van der Waals surface area contributed by atoms with Gasteiger partial charge in [0.15, 0.2) is 0 Å². The van der Waals surface area contributed by atoms with Crippen molar-refractivity contribution >= 4 is 10.0 Å². The molecule has 0 aliphatic carbocycles. The van der Waals surface area contributed by atoms with E-state index in [0.29, 0.717) is 13.1 Å². The van der Waals surface area contributed by atoms with Crippen LogP contribution in [-0.4, -0.2) is 76.6 Å². The van der Waals surface area contributed by atoms with E-state index in [1.54, 1.807) is 43.7 Å². The molecule has 1 aliphatic rings. The monoisotopic (exact) mass is 497 g/mol. The predicted octanol–water partition coefficient (Wildman–Crippen LogP) is 2.44. The van der Waals surface area contributed by atoms with Gasteiger partial charge in [0.05, 0.1) is 6.61 Å². The van der Waals surface area contributed by atoms with Crippen LogP contribution in [-0.2, 0) is 16.6 Å². The predicted molar refractivity (Wildman–Crippen MR) is 132 cm³/mol. The zero-order valence-corrected chi connectivity index (χ0v) is 21.0. The second kappa shape index (κ2) is 10.8. The minimum atomic E-state index is -3.89. The van der Waals surface area contributed by atoms with Gasteiger partial charge in [-0.1, -0.05) is 19.1 Å². The molecule has 0 unspecified atom stereocenters. The van der Waals surface area contributed by atoms with Gasteiger partial charge in [0.1, 0.15) is 23.1 Å². The Morgan fingerprint density at radius 2 is 1.94 bits per heavy atom. The fourth-order valence-electron chi connectivity index (χ4n) is 4.25. The van der Waals surface area contributed by atoms with Crippen LogP contribution < -0.4 is 4.74 Å². The number of rotatable bonds is 7. The van der Waals surface area contributed by atoms with E-state index in [0.717, 1.165) is 16.7 Å². The summed E-state index contributed by atoms with van der Waals surface area (Å²) >= 11 is 0. The molecule has 1 aliphatic heterocycles. The summed E-state index contributed by atoms with van der Waals surface area (Å²) in [7, 11) is -1.89. The lowest BCUT2D eigenvalue weighted by molar-refractivity contribution is 0.0734. The van der Waals surface area contributed by atoms with Crippen molar-refractivity contribution in [1.82, 2.24) is 24.2 Å². The van der Waals surface area contributed by atoms with Gasteiger partial charge in [0.2, 0.25) is 10.0 Å². The number of hydrogen-bond donors (Lipinski definition) is 1. The average molecular weight is 498 g/mol. The summed E-state index contributed by atoms with van der Waals surface area (Å²) in [6.45, 7) is 4.93. The van der Waals surface area contributed by atoms with Crippen molar-refractivity contribution in [3.8, 4) is 16.9 Å². The summed E-state index contributed by atoms with van der Waals surface area (Å²) < 4.78 is 35.1. The van der Waals surface area contributed by atoms with Crippen molar-refractivity contribution in [3.05, 3.63) is 67.0 Å². The van der Waals surface area contributed by atoms with E-state index < -0.39 is 16.1 Å². The van der Waals surface area contributed by atoms with Gasteiger partial charge in [-0.25, -0.2) is 18.4 Å². The molecule has 0 amide bonds. The van der Waals surface area contributed by atoms with Gasteiger partial charge in [0.25, 0.3) is 0 Å². The number of fused-ring (bicyclic) bond motifs is 1. The smallest absolute Gasteiger partial charge is 0.247 e. The van der Waals surface area contributed by atoms with Crippen LogP contribution in [0.3, 0.4) is 0 Å². The largest absolute Gasteiger partial charge is 0.487 e. The molecule has 0 saturated heterocycles. The Balaban J connectivity index is 1.72. The maximum Gasteiger partial charge on any atom is 0.247 e. The van der Waals surface area contributed by atoms with Crippen LogP contribution in [0.4, 0.5) is 0 Å². The van der Waals surface area contributed by atoms with Crippen molar-refractivity contribution in [2.45, 2.75) is 37.4 Å². The van der Waals surface area contributed by atoms with Crippen molar-refractivity contribution in [2.75, 3.05) is 26.7 Å². The molecule has 1 N–H and O–H groups in total. The third kappa shape index (κ3) is 5.67. The van der Waals surface area contributed by atoms with Crippen molar-refractivity contribution in [3.63, 3.8) is 0 Å². The minimum Gasteiger partial charge on any atom is -0.487 e. The van der Waals surface area contributed by atoms with Crippen LogP contribution in [0.15, 0.2) is 66.3 Å². The van der Waals surface area contributed by atoms with Gasteiger partial charge in [0, 0.05) is 61.9 Å². The Morgan fingerprint density at radius 3 is 2.63 bits per heavy atom. The molecule has 1 aromatic carbocycles. The van der Waals surface area contributed by atoms with E-state index in [-0.39, 0.29) is 35.8 Å². The minimum absolute atomic E-state index is 0.0882. The van der Waals surface area contributed by atoms with Gasteiger partial charge in [-0.05, 0) is 43.3 Å². The highest BCUT2D eigenvalue weighted by Crippen LogP contribution is 2.36. The van der Waals surface area contributed by atoms with Crippen molar-refractivity contribution in [1.29, 1.82) is 0 Å². The summed E-state index contributed by atoms with van der Waals surface area (Å²) in [6, 6.07) is 8.39. The fourth-order valence-corrected chi connectivity index (χ4v) is 6.07. The second-order valence-electron chi connectivity index (χ2n) is 9.09. The zero-order chi connectivity index (χ0) is 25.0. The second-order valence-corrected chi connectivity index (χ2v) is 10.9. The third-order valence-corrected chi connectivity index (χ3v) is 8.25. The molecular formula is C25H31N5O4S. The lowest BCUT2D eigenvalue weighted by Crippen LogP contribution is -2.49. The van der Waals surface area contributed by atoms with E-state index in [9.17, 15) is 13.5 Å². The summed E-state index contributed by atoms with van der Waals surface area (Å²) in [4.78, 5) is 14.6. The highest BCUT2D eigenvalue weighted by Gasteiger charge is 2.38. The van der Waals surface area contributed by atoms with E-state index in [4.69, 9.17) is 4.74 Å². The number of likely N-dealkylation sites (N-methyl/N-ethyl adjacent to an activating group) is 1. The quantitative estimate of drug-likeness (QED) is 0.530. The first-order valence-corrected chi connectivity index (χ1v) is 13.0. The summed E-state index contributed by atoms with van der Waals surface area (Å²) in [5, 5.41) is 9.82. The molecule has 3 atom stereocenters. The number of aliphatic hydroxyl groups is 1. The van der Waals surface area contributed by atoms with E-state index in [2.05, 4.69) is 19.9 Å². The normalized spacial score (nSPS) is 20.9. The Hall–Kier alpha value is -2.92. The molecule has 3 aromatic rings. The molecule has 0 spiro atoms. The highest BCUT2D eigenvalue weighted by molar-refractivity contribution is 7.89. The summed E-state index contributed by atoms with van der Waals surface area (Å²) in [5.74, 6) is 0.153. The molecule has 10 heteroatoms. The SMILES string of the molecule is C[C@H]1CN([C@@H](C)CO)S(=O)(=O)c2ccc(-c3cncnc3)cc2O[C@@H]1CN(C)Cc1cccnc1. The lowest BCUT2D eigenvalue weighted by Gasteiger charge is -2.37. The first-order valence-electron chi connectivity index (χ1n) is 11.6. The molecule has 0 saturated carbocycles. The van der Waals surface area contributed by atoms with Crippen LogP contribution in [0, 0.1) is 5.92 Å². The number of aliphatic hydroxyl groups excluding tert-OH is 1. The zero-order valence-electron chi connectivity index (χ0n) is 20.2. The Kier molecular flexibility index (Phi) is 7.75. The number of sulfonamides is 1. The van der Waals surface area contributed by atoms with Crippen LogP contribution in [0.2, 0.25) is 0 Å². The van der Waals surface area contributed by atoms with Crippen LogP contribution in [0.5, 0.6) is 5.75 Å². The van der Waals surface area contributed by atoms with E-state index in [1.807, 2.05) is 32.3 Å². The molecule has 0 fully saturated rings. The number of ether oxygens (including phenoxy) is 1. The fraction of sp³-hybridized carbons (Fsp3) is 0.400. The average Bonchev–Trinajstić information content (AvgIpc) is 2.86. The standard InChI is InChI=1S/C25H31N5O4S/c1-18-13-30(19(2)16-31)35(32,33)25-7-6-21(22-11-27-17-28-12-22)9-23(25)34-24(18)15-29(3)14-20-5-4-8-26-10-20/h4-12,17-19,24,31H,13-16H2,1-3H3/t18-,19-,24+/m0/s1. The lowest BCUT2D eigenvalue weighted by atomic mass is 10.0. The van der Waals surface area contributed by atoms with Crippen LogP contribution in [0.25, 0.3) is 11.1 Å². The van der Waals surface area contributed by atoms with E-state index in [1.165, 1.54) is 10.6 Å². The van der Waals surface area contributed by atoms with Gasteiger partial charge >= 0.3 is 0 Å². The molecule has 4 rings (SSSR count). The molecule has 9 nitrogen and oxygen atoms in total. The molecule has 3 heterocycles. The summed E-state index contributed by atoms with van der Waals surface area (Å²) in [5.41, 5.74) is 2.60. The number of aromatic nitrogens is 3. The number of hydrogen-bond acceptors (Lipinski definition) is 8. The van der Waals surface area contributed by atoms with Gasteiger partial charge in [-0.3, -0.25) is 9.88 Å². The first-order chi connectivity index (χ1) is 16.8. The number of nitrogens with zero attached hydrogens (tertiary/aromatic N) is 5. The third-order valence-electron chi connectivity index (χ3n) is 6.23. The van der Waals surface area contributed by atoms with Crippen molar-refractivity contribution < 1.29 is 18.3 Å². The van der Waals surface area contributed by atoms with Gasteiger partial charge in [-0.2, -0.15) is 4.31 Å². The molecule has 0 radical (unpaired) electrons. The maximum atomic E-state index is 13.6. The van der Waals surface area contributed by atoms with Crippen LogP contribution >= 0.6 is 0 Å².